The van der Waals surface area contributed by atoms with Gasteiger partial charge in [0.05, 0.1) is 5.56 Å². The van der Waals surface area contributed by atoms with Gasteiger partial charge in [0.1, 0.15) is 6.04 Å². The highest BCUT2D eigenvalue weighted by atomic mass is 16.4. The molecule has 0 saturated carbocycles. The van der Waals surface area contributed by atoms with Crippen LogP contribution in [0.5, 0.6) is 0 Å². The number of carbonyl (C=O) groups excluding carboxylic acids is 1. The number of carboxylic acid groups (broad SMARTS) is 1. The minimum atomic E-state index is -0.957. The molecule has 126 valence electrons. The Kier molecular flexibility index (Phi) is 3.68. The molecular weight excluding hydrogens is 320 g/mol. The Labute approximate surface area is 143 Å². The van der Waals surface area contributed by atoms with E-state index in [2.05, 4.69) is 10.2 Å². The van der Waals surface area contributed by atoms with E-state index in [1.807, 2.05) is 30.3 Å². The van der Waals surface area contributed by atoms with Gasteiger partial charge >= 0.3 is 5.97 Å². The summed E-state index contributed by atoms with van der Waals surface area (Å²) in [6.07, 6.45) is 2.87. The number of pyridine rings is 1. The van der Waals surface area contributed by atoms with Crippen LogP contribution >= 0.6 is 0 Å². The number of likely N-dealkylation sites (tertiary alicyclic amines) is 1. The number of carbonyl (C=O) groups is 2. The molecule has 3 heterocycles. The fraction of sp³-hybridized carbons (Fsp3) is 0.222. The van der Waals surface area contributed by atoms with Crippen LogP contribution in [0.3, 0.4) is 0 Å². The van der Waals surface area contributed by atoms with E-state index in [1.165, 1.54) is 4.90 Å². The Hall–Kier alpha value is -3.22. The first kappa shape index (κ1) is 15.3. The summed E-state index contributed by atoms with van der Waals surface area (Å²) in [7, 11) is 0. The zero-order valence-corrected chi connectivity index (χ0v) is 13.4. The van der Waals surface area contributed by atoms with Gasteiger partial charge in [-0.1, -0.05) is 30.3 Å². The zero-order chi connectivity index (χ0) is 17.4. The molecule has 0 bridgehead atoms. The predicted molar refractivity (Wildman–Crippen MR) is 90.1 cm³/mol. The number of nitrogens with zero attached hydrogens (tertiary/aromatic N) is 4. The minimum absolute atomic E-state index is 0.278. The largest absolute Gasteiger partial charge is 0.480 e. The molecule has 0 aliphatic carbocycles. The number of rotatable bonds is 3. The molecule has 3 aromatic rings. The maximum absolute atomic E-state index is 12.8. The van der Waals surface area contributed by atoms with Crippen molar-refractivity contribution in [2.75, 3.05) is 6.54 Å². The SMILES string of the molecule is O=C(O)[C@H]1CCCN1C(=O)c1ccc2nnc(-c3ccccc3)n2c1. The van der Waals surface area contributed by atoms with Crippen molar-refractivity contribution >= 4 is 17.5 Å². The lowest BCUT2D eigenvalue weighted by atomic mass is 10.2. The van der Waals surface area contributed by atoms with Crippen molar-refractivity contribution in [2.24, 2.45) is 0 Å². The third kappa shape index (κ3) is 2.63. The van der Waals surface area contributed by atoms with Gasteiger partial charge in [0.15, 0.2) is 11.5 Å². The Morgan fingerprint density at radius 3 is 2.64 bits per heavy atom. The quantitative estimate of drug-likeness (QED) is 0.791. The number of aliphatic carboxylic acids is 1. The maximum atomic E-state index is 12.8. The molecule has 0 radical (unpaired) electrons. The molecule has 1 N–H and O–H groups in total. The van der Waals surface area contributed by atoms with E-state index < -0.39 is 12.0 Å². The Morgan fingerprint density at radius 1 is 1.08 bits per heavy atom. The van der Waals surface area contributed by atoms with Crippen molar-refractivity contribution in [1.29, 1.82) is 0 Å². The van der Waals surface area contributed by atoms with Crippen LogP contribution in [0, 0.1) is 0 Å². The molecule has 25 heavy (non-hydrogen) atoms. The van der Waals surface area contributed by atoms with Gasteiger partial charge in [-0.25, -0.2) is 4.79 Å². The lowest BCUT2D eigenvalue weighted by molar-refractivity contribution is -0.141. The standard InChI is InChI=1S/C18H16N4O3/c23-17(21-10-4-7-14(21)18(24)25)13-8-9-15-19-20-16(22(15)11-13)12-5-2-1-3-6-12/h1-3,5-6,8-9,11,14H,4,7,10H2,(H,24,25)/t14-/m1/s1. The van der Waals surface area contributed by atoms with E-state index in [-0.39, 0.29) is 5.91 Å². The molecule has 0 unspecified atom stereocenters. The number of hydrogen-bond acceptors (Lipinski definition) is 4. The van der Waals surface area contributed by atoms with Crippen molar-refractivity contribution in [3.05, 3.63) is 54.2 Å². The molecule has 1 aliphatic rings. The van der Waals surface area contributed by atoms with Crippen LogP contribution in [0.4, 0.5) is 0 Å². The number of amides is 1. The Bertz CT molecular complexity index is 951. The van der Waals surface area contributed by atoms with E-state index in [9.17, 15) is 14.7 Å². The van der Waals surface area contributed by atoms with E-state index in [0.29, 0.717) is 36.4 Å². The third-order valence-corrected chi connectivity index (χ3v) is 4.48. The van der Waals surface area contributed by atoms with Crippen LogP contribution in [0.2, 0.25) is 0 Å². The van der Waals surface area contributed by atoms with Crippen molar-refractivity contribution in [3.8, 4) is 11.4 Å². The van der Waals surface area contributed by atoms with Crippen LogP contribution in [-0.4, -0.2) is 49.1 Å². The molecule has 1 amide bonds. The second-order valence-electron chi connectivity index (χ2n) is 6.03. The molecule has 7 heteroatoms. The first-order valence-electron chi connectivity index (χ1n) is 8.09. The number of aromatic nitrogens is 3. The summed E-state index contributed by atoms with van der Waals surface area (Å²) in [6.45, 7) is 0.460. The van der Waals surface area contributed by atoms with Crippen molar-refractivity contribution in [2.45, 2.75) is 18.9 Å². The van der Waals surface area contributed by atoms with Crippen molar-refractivity contribution < 1.29 is 14.7 Å². The van der Waals surface area contributed by atoms with Crippen LogP contribution in [0.1, 0.15) is 23.2 Å². The highest BCUT2D eigenvalue weighted by molar-refractivity contribution is 5.97. The summed E-state index contributed by atoms with van der Waals surface area (Å²) in [4.78, 5) is 25.5. The number of benzene rings is 1. The summed E-state index contributed by atoms with van der Waals surface area (Å²) in [5.74, 6) is -0.595. The summed E-state index contributed by atoms with van der Waals surface area (Å²) in [5, 5.41) is 17.6. The number of fused-ring (bicyclic) bond motifs is 1. The fourth-order valence-electron chi connectivity index (χ4n) is 3.23. The van der Waals surface area contributed by atoms with E-state index in [0.717, 1.165) is 5.56 Å². The lowest BCUT2D eigenvalue weighted by Gasteiger charge is -2.21. The molecule has 4 rings (SSSR count). The monoisotopic (exact) mass is 336 g/mol. The van der Waals surface area contributed by atoms with Crippen LogP contribution in [-0.2, 0) is 4.79 Å². The van der Waals surface area contributed by atoms with Gasteiger partial charge in [-0.05, 0) is 25.0 Å². The summed E-state index contributed by atoms with van der Waals surface area (Å²) in [5.41, 5.74) is 1.95. The summed E-state index contributed by atoms with van der Waals surface area (Å²) >= 11 is 0. The fourth-order valence-corrected chi connectivity index (χ4v) is 3.23. The van der Waals surface area contributed by atoms with Gasteiger partial charge < -0.3 is 10.0 Å². The highest BCUT2D eigenvalue weighted by Gasteiger charge is 2.34. The number of hydrogen-bond donors (Lipinski definition) is 1. The first-order valence-corrected chi connectivity index (χ1v) is 8.09. The molecule has 1 fully saturated rings. The lowest BCUT2D eigenvalue weighted by Crippen LogP contribution is -2.40. The molecule has 1 atom stereocenters. The minimum Gasteiger partial charge on any atom is -0.480 e. The van der Waals surface area contributed by atoms with Crippen LogP contribution in [0.15, 0.2) is 48.7 Å². The molecule has 7 nitrogen and oxygen atoms in total. The van der Waals surface area contributed by atoms with Crippen LogP contribution in [0.25, 0.3) is 17.0 Å². The predicted octanol–water partition coefficient (Wildman–Crippen LogP) is 2.09. The zero-order valence-electron chi connectivity index (χ0n) is 13.4. The molecule has 1 aliphatic heterocycles. The van der Waals surface area contributed by atoms with E-state index >= 15 is 0 Å². The summed E-state index contributed by atoms with van der Waals surface area (Å²) < 4.78 is 1.76. The second kappa shape index (κ2) is 6.01. The smallest absolute Gasteiger partial charge is 0.326 e. The topological polar surface area (TPSA) is 87.8 Å². The van der Waals surface area contributed by atoms with Gasteiger partial charge in [-0.2, -0.15) is 0 Å². The van der Waals surface area contributed by atoms with Gasteiger partial charge in [0, 0.05) is 18.3 Å². The second-order valence-corrected chi connectivity index (χ2v) is 6.03. The molecule has 1 saturated heterocycles. The highest BCUT2D eigenvalue weighted by Crippen LogP contribution is 2.22. The molecule has 2 aromatic heterocycles. The summed E-state index contributed by atoms with van der Waals surface area (Å²) in [6, 6.07) is 12.2. The van der Waals surface area contributed by atoms with Gasteiger partial charge in [0.25, 0.3) is 5.91 Å². The molecular formula is C18H16N4O3. The Balaban J connectivity index is 1.74. The van der Waals surface area contributed by atoms with Crippen molar-refractivity contribution in [1.82, 2.24) is 19.5 Å². The van der Waals surface area contributed by atoms with E-state index in [1.54, 1.807) is 22.7 Å². The molecule has 0 spiro atoms. The van der Waals surface area contributed by atoms with Crippen molar-refractivity contribution in [3.63, 3.8) is 0 Å². The average Bonchev–Trinajstić information content (AvgIpc) is 3.28. The first-order chi connectivity index (χ1) is 12.1. The van der Waals surface area contributed by atoms with Crippen LogP contribution < -0.4 is 0 Å². The number of carboxylic acids is 1. The van der Waals surface area contributed by atoms with E-state index in [4.69, 9.17) is 0 Å². The average molecular weight is 336 g/mol. The third-order valence-electron chi connectivity index (χ3n) is 4.48. The molecule has 1 aromatic carbocycles. The van der Waals surface area contributed by atoms with Gasteiger partial charge in [0.2, 0.25) is 0 Å². The van der Waals surface area contributed by atoms with Gasteiger partial charge in [-0.3, -0.25) is 9.20 Å². The van der Waals surface area contributed by atoms with Gasteiger partial charge in [-0.15, -0.1) is 10.2 Å². The Morgan fingerprint density at radius 2 is 1.88 bits per heavy atom. The maximum Gasteiger partial charge on any atom is 0.326 e. The normalized spacial score (nSPS) is 17.1.